The molecular weight excluding hydrogens is 364 g/mol. The zero-order valence-corrected chi connectivity index (χ0v) is 16.0. The minimum absolute atomic E-state index is 0.0584. The first-order chi connectivity index (χ1) is 13.0. The molecule has 7 nitrogen and oxygen atoms in total. The molecule has 0 radical (unpaired) electrons. The van der Waals surface area contributed by atoms with Crippen molar-refractivity contribution in [1.29, 1.82) is 0 Å². The summed E-state index contributed by atoms with van der Waals surface area (Å²) in [4.78, 5) is 16.5. The topological polar surface area (TPSA) is 77.6 Å². The lowest BCUT2D eigenvalue weighted by molar-refractivity contribution is 0.0907. The maximum absolute atomic E-state index is 12.4. The smallest absolute Gasteiger partial charge is 0.251 e. The van der Waals surface area contributed by atoms with Crippen LogP contribution in [0.15, 0.2) is 36.9 Å². The van der Waals surface area contributed by atoms with Gasteiger partial charge >= 0.3 is 0 Å². The highest BCUT2D eigenvalue weighted by atomic mass is 35.5. The van der Waals surface area contributed by atoms with E-state index in [2.05, 4.69) is 20.5 Å². The van der Waals surface area contributed by atoms with Gasteiger partial charge in [0.05, 0.1) is 12.9 Å². The summed E-state index contributed by atoms with van der Waals surface area (Å²) in [5.74, 6) is 2.12. The first kappa shape index (κ1) is 17.7. The molecule has 8 heteroatoms. The van der Waals surface area contributed by atoms with Crippen LogP contribution in [0.2, 0.25) is 5.02 Å². The maximum atomic E-state index is 12.4. The summed E-state index contributed by atoms with van der Waals surface area (Å²) in [6.07, 6.45) is 7.16. The molecule has 1 aliphatic rings. The van der Waals surface area contributed by atoms with E-state index >= 15 is 0 Å². The van der Waals surface area contributed by atoms with Gasteiger partial charge in [0, 0.05) is 42.0 Å². The number of nitrogens with one attached hydrogen (secondary N) is 1. The van der Waals surface area contributed by atoms with Gasteiger partial charge in [0.2, 0.25) is 0 Å². The third-order valence-corrected chi connectivity index (χ3v) is 5.56. The molecule has 0 aliphatic heterocycles. The van der Waals surface area contributed by atoms with Gasteiger partial charge in [-0.3, -0.25) is 4.79 Å². The molecule has 0 saturated heterocycles. The fourth-order valence-electron chi connectivity index (χ4n) is 3.41. The quantitative estimate of drug-likeness (QED) is 0.733. The second-order valence-corrected chi connectivity index (χ2v) is 7.48. The van der Waals surface area contributed by atoms with Gasteiger partial charge in [0.25, 0.3) is 5.91 Å². The number of carbonyl (C=O) groups is 1. The van der Waals surface area contributed by atoms with E-state index in [0.29, 0.717) is 23.0 Å². The lowest BCUT2D eigenvalue weighted by Gasteiger charge is -2.35. The molecule has 2 aromatic heterocycles. The zero-order valence-electron chi connectivity index (χ0n) is 15.3. The van der Waals surface area contributed by atoms with Crippen LogP contribution in [0, 0.1) is 6.92 Å². The number of hydrogen-bond acceptors (Lipinski definition) is 4. The number of aryl methyl sites for hydroxylation is 1. The predicted molar refractivity (Wildman–Crippen MR) is 102 cm³/mol. The monoisotopic (exact) mass is 384 g/mol. The Hall–Kier alpha value is -2.67. The van der Waals surface area contributed by atoms with Crippen molar-refractivity contribution in [3.05, 3.63) is 64.7 Å². The number of amides is 1. The maximum Gasteiger partial charge on any atom is 0.251 e. The summed E-state index contributed by atoms with van der Waals surface area (Å²) in [6.45, 7) is 2.54. The number of rotatable bonds is 5. The van der Waals surface area contributed by atoms with E-state index in [1.54, 1.807) is 24.7 Å². The highest BCUT2D eigenvalue weighted by Crippen LogP contribution is 2.36. The Morgan fingerprint density at radius 2 is 2.15 bits per heavy atom. The Labute approximate surface area is 162 Å². The summed E-state index contributed by atoms with van der Waals surface area (Å²) < 4.78 is 4.01. The highest BCUT2D eigenvalue weighted by molar-refractivity contribution is 6.31. The Balaban J connectivity index is 1.35. The van der Waals surface area contributed by atoms with Gasteiger partial charge in [-0.15, -0.1) is 10.2 Å². The van der Waals surface area contributed by atoms with Crippen molar-refractivity contribution >= 4 is 17.5 Å². The fourth-order valence-corrected chi connectivity index (χ4v) is 3.53. The molecular formula is C19H21ClN6O. The second-order valence-electron chi connectivity index (χ2n) is 7.07. The van der Waals surface area contributed by atoms with Crippen LogP contribution in [-0.2, 0) is 13.6 Å². The minimum atomic E-state index is -0.0584. The molecule has 3 aromatic rings. The molecule has 2 heterocycles. The van der Waals surface area contributed by atoms with E-state index in [-0.39, 0.29) is 11.9 Å². The van der Waals surface area contributed by atoms with Crippen molar-refractivity contribution in [2.45, 2.75) is 38.3 Å². The van der Waals surface area contributed by atoms with Gasteiger partial charge in [0.15, 0.2) is 5.82 Å². The molecule has 4 rings (SSSR count). The van der Waals surface area contributed by atoms with Crippen LogP contribution in [0.3, 0.4) is 0 Å². The van der Waals surface area contributed by atoms with Crippen molar-refractivity contribution in [1.82, 2.24) is 29.6 Å². The molecule has 1 saturated carbocycles. The van der Waals surface area contributed by atoms with Crippen molar-refractivity contribution in [2.75, 3.05) is 0 Å². The van der Waals surface area contributed by atoms with Gasteiger partial charge in [0.1, 0.15) is 5.82 Å². The molecule has 0 spiro atoms. The van der Waals surface area contributed by atoms with Crippen LogP contribution < -0.4 is 5.32 Å². The molecule has 1 fully saturated rings. The average molecular weight is 385 g/mol. The van der Waals surface area contributed by atoms with Gasteiger partial charge in [-0.05, 0) is 43.5 Å². The summed E-state index contributed by atoms with van der Waals surface area (Å²) in [5, 5.41) is 12.4. The van der Waals surface area contributed by atoms with Crippen LogP contribution >= 0.6 is 11.6 Å². The lowest BCUT2D eigenvalue weighted by Crippen LogP contribution is -2.44. The number of imidazole rings is 1. The summed E-state index contributed by atoms with van der Waals surface area (Å²) >= 11 is 6.03. The van der Waals surface area contributed by atoms with Crippen molar-refractivity contribution < 1.29 is 4.79 Å². The number of aromatic nitrogens is 5. The van der Waals surface area contributed by atoms with E-state index in [9.17, 15) is 4.79 Å². The summed E-state index contributed by atoms with van der Waals surface area (Å²) in [5.41, 5.74) is 1.54. The Morgan fingerprint density at radius 3 is 2.85 bits per heavy atom. The number of nitrogens with zero attached hydrogens (tertiary/aromatic N) is 5. The lowest BCUT2D eigenvalue weighted by atomic mass is 9.79. The number of carbonyl (C=O) groups excluding carboxylic acids is 1. The number of hydrogen-bond donors (Lipinski definition) is 1. The SMILES string of the molecule is Cc1cc(C(=O)NC2CC(c3nnc(Cn4ccnc4)n3C)C2)ccc1Cl. The van der Waals surface area contributed by atoms with E-state index in [0.717, 1.165) is 30.1 Å². The second kappa shape index (κ2) is 7.15. The third kappa shape index (κ3) is 3.60. The van der Waals surface area contributed by atoms with Crippen LogP contribution in [0.1, 0.15) is 46.3 Å². The van der Waals surface area contributed by atoms with Crippen LogP contribution in [0.25, 0.3) is 0 Å². The van der Waals surface area contributed by atoms with Crippen LogP contribution in [-0.4, -0.2) is 36.3 Å². The van der Waals surface area contributed by atoms with E-state index in [4.69, 9.17) is 11.6 Å². The minimum Gasteiger partial charge on any atom is -0.349 e. The largest absolute Gasteiger partial charge is 0.349 e. The molecule has 1 aromatic carbocycles. The molecule has 1 aliphatic carbocycles. The van der Waals surface area contributed by atoms with Crippen molar-refractivity contribution in [3.8, 4) is 0 Å². The van der Waals surface area contributed by atoms with Crippen molar-refractivity contribution in [3.63, 3.8) is 0 Å². The predicted octanol–water partition coefficient (Wildman–Crippen LogP) is 2.70. The Morgan fingerprint density at radius 1 is 1.33 bits per heavy atom. The van der Waals surface area contributed by atoms with Crippen LogP contribution in [0.5, 0.6) is 0 Å². The number of benzene rings is 1. The van der Waals surface area contributed by atoms with E-state index < -0.39 is 0 Å². The molecule has 27 heavy (non-hydrogen) atoms. The molecule has 1 amide bonds. The summed E-state index contributed by atoms with van der Waals surface area (Å²) in [7, 11) is 1.99. The average Bonchev–Trinajstić information content (AvgIpc) is 3.24. The first-order valence-corrected chi connectivity index (χ1v) is 9.30. The van der Waals surface area contributed by atoms with Crippen molar-refractivity contribution in [2.24, 2.45) is 7.05 Å². The highest BCUT2D eigenvalue weighted by Gasteiger charge is 2.35. The van der Waals surface area contributed by atoms with E-state index in [1.807, 2.05) is 35.4 Å². The van der Waals surface area contributed by atoms with Gasteiger partial charge in [-0.25, -0.2) is 4.98 Å². The molecule has 140 valence electrons. The summed E-state index contributed by atoms with van der Waals surface area (Å²) in [6, 6.07) is 5.49. The fraction of sp³-hybridized carbons (Fsp3) is 0.368. The zero-order chi connectivity index (χ0) is 19.0. The molecule has 0 bridgehead atoms. The van der Waals surface area contributed by atoms with Gasteiger partial charge in [-0.2, -0.15) is 0 Å². The number of halogens is 1. The molecule has 1 N–H and O–H groups in total. The Kier molecular flexibility index (Phi) is 4.70. The van der Waals surface area contributed by atoms with Gasteiger partial charge < -0.3 is 14.5 Å². The Bertz CT molecular complexity index is 959. The van der Waals surface area contributed by atoms with Crippen LogP contribution in [0.4, 0.5) is 0 Å². The van der Waals surface area contributed by atoms with E-state index in [1.165, 1.54) is 0 Å². The normalized spacial score (nSPS) is 18.9. The third-order valence-electron chi connectivity index (χ3n) is 5.14. The first-order valence-electron chi connectivity index (χ1n) is 8.92. The molecule has 0 atom stereocenters. The van der Waals surface area contributed by atoms with Gasteiger partial charge in [-0.1, -0.05) is 11.6 Å². The standard InChI is InChI=1S/C19H21ClN6O/c1-12-7-13(3-4-16(12)20)19(27)22-15-8-14(9-15)18-24-23-17(25(18)2)10-26-6-5-21-11-26/h3-7,11,14-15H,8-10H2,1-2H3,(H,22,27). The molecule has 0 unspecified atom stereocenters.